The van der Waals surface area contributed by atoms with Gasteiger partial charge in [0.15, 0.2) is 16.6 Å². The van der Waals surface area contributed by atoms with Crippen LogP contribution in [-0.4, -0.2) is 45.0 Å². The first-order valence-corrected chi connectivity index (χ1v) is 23.7. The Balaban J connectivity index is 1.20. The second-order valence-electron chi connectivity index (χ2n) is 18.1. The highest BCUT2D eigenvalue weighted by Crippen LogP contribution is 2.70. The molecule has 2 aromatic rings. The Morgan fingerprint density at radius 3 is 2.26 bits per heavy atom. The summed E-state index contributed by atoms with van der Waals surface area (Å²) in [4.78, 5) is 4.44. The van der Waals surface area contributed by atoms with Crippen LogP contribution in [-0.2, 0) is 13.6 Å². The highest BCUT2D eigenvalue weighted by molar-refractivity contribution is 6.94. The molecule has 0 amide bonds. The average Bonchev–Trinajstić information content (AvgIpc) is 3.48. The molecular weight excluding hydrogens is 611 g/mol. The lowest BCUT2D eigenvalue weighted by atomic mass is 9.58. The minimum Gasteiger partial charge on any atom is -0.411 e. The predicted molar refractivity (Wildman–Crippen MR) is 198 cm³/mol. The van der Waals surface area contributed by atoms with Crippen molar-refractivity contribution in [2.24, 2.45) is 11.3 Å². The van der Waals surface area contributed by atoms with Crippen molar-refractivity contribution in [3.63, 3.8) is 0 Å². The SMILES string of the molecule is CC(C)[Si]1(C(C)C)C[Si](C(C)C)(C(C)C)O[C@@H]2CC[C@@]34CC[C@@]5(O3)C(=CC[C@]3(C)[C@@H](c6ccc7ccncc7c6)CC[C@H]35)C=C4[C@H]2O1. The third kappa shape index (κ3) is 4.42. The molecule has 0 radical (unpaired) electrons. The molecule has 254 valence electrons. The Morgan fingerprint density at radius 1 is 0.809 bits per heavy atom. The molecule has 1 aromatic heterocycles. The molecule has 6 aliphatic rings. The van der Waals surface area contributed by atoms with Gasteiger partial charge in [-0.3, -0.25) is 4.98 Å². The fourth-order valence-corrected chi connectivity index (χ4v) is 28.2. The number of allylic oxidation sites excluding steroid dienone is 1. The first-order valence-electron chi connectivity index (χ1n) is 19.1. The molecule has 4 nitrogen and oxygen atoms in total. The number of aromatic nitrogens is 1. The topological polar surface area (TPSA) is 40.6 Å². The Morgan fingerprint density at radius 2 is 1.53 bits per heavy atom. The number of rotatable bonds is 5. The van der Waals surface area contributed by atoms with Crippen LogP contribution >= 0.6 is 0 Å². The summed E-state index contributed by atoms with van der Waals surface area (Å²) in [6, 6.07) is 9.26. The molecule has 3 aliphatic heterocycles. The minimum absolute atomic E-state index is 0.0277. The number of pyridine rings is 1. The number of fused-ring (bicyclic) bond motifs is 4. The van der Waals surface area contributed by atoms with E-state index in [9.17, 15) is 0 Å². The lowest BCUT2D eigenvalue weighted by Crippen LogP contribution is -2.58. The smallest absolute Gasteiger partial charge is 0.198 e. The number of hydrogen-bond donors (Lipinski definition) is 0. The summed E-state index contributed by atoms with van der Waals surface area (Å²) in [7, 11) is -4.30. The van der Waals surface area contributed by atoms with Gasteiger partial charge in [-0.05, 0) is 124 Å². The van der Waals surface area contributed by atoms with E-state index < -0.39 is 16.6 Å². The maximum absolute atomic E-state index is 7.86. The maximum atomic E-state index is 7.86. The number of nitrogens with zero attached hydrogens (tertiary/aromatic N) is 1. The van der Waals surface area contributed by atoms with Crippen LogP contribution in [0.3, 0.4) is 0 Å². The quantitative estimate of drug-likeness (QED) is 0.297. The normalized spacial score (nSPS) is 38.6. The summed E-state index contributed by atoms with van der Waals surface area (Å²) in [6.45, 7) is 22.3. The molecule has 2 spiro atoms. The van der Waals surface area contributed by atoms with Gasteiger partial charge < -0.3 is 13.6 Å². The van der Waals surface area contributed by atoms with Gasteiger partial charge in [0.05, 0.1) is 23.4 Å². The molecule has 3 aliphatic carbocycles. The number of benzene rings is 1. The van der Waals surface area contributed by atoms with Crippen molar-refractivity contribution in [1.82, 2.24) is 4.98 Å². The highest BCUT2D eigenvalue weighted by atomic mass is 28.4. The van der Waals surface area contributed by atoms with Crippen LogP contribution < -0.4 is 0 Å². The monoisotopic (exact) mass is 669 g/mol. The van der Waals surface area contributed by atoms with Crippen molar-refractivity contribution in [2.75, 3.05) is 0 Å². The lowest BCUT2D eigenvalue weighted by molar-refractivity contribution is -0.149. The summed E-state index contributed by atoms with van der Waals surface area (Å²) in [5, 5.41) is 2.54. The highest BCUT2D eigenvalue weighted by Gasteiger charge is 2.69. The Kier molecular flexibility index (Phi) is 7.61. The van der Waals surface area contributed by atoms with Crippen molar-refractivity contribution < 1.29 is 13.6 Å². The Bertz CT molecular complexity index is 1610. The summed E-state index contributed by atoms with van der Waals surface area (Å²) in [5.74, 6) is 1.07. The number of hydrogen-bond acceptors (Lipinski definition) is 4. The third-order valence-corrected chi connectivity index (χ3v) is 28.7. The summed E-state index contributed by atoms with van der Waals surface area (Å²) >= 11 is 0. The molecule has 4 fully saturated rings. The van der Waals surface area contributed by atoms with Crippen molar-refractivity contribution >= 4 is 27.4 Å². The maximum Gasteiger partial charge on any atom is 0.198 e. The molecule has 1 aromatic carbocycles. The van der Waals surface area contributed by atoms with Gasteiger partial charge in [0.25, 0.3) is 0 Å². The van der Waals surface area contributed by atoms with E-state index in [1.807, 2.05) is 12.4 Å². The van der Waals surface area contributed by atoms with E-state index in [-0.39, 0.29) is 28.8 Å². The molecule has 8 rings (SSSR count). The molecule has 6 heteroatoms. The molecular formula is C41H59NO3Si2. The van der Waals surface area contributed by atoms with Gasteiger partial charge in [-0.15, -0.1) is 0 Å². The molecule has 0 N–H and O–H groups in total. The van der Waals surface area contributed by atoms with Crippen molar-refractivity contribution in [3.8, 4) is 0 Å². The summed E-state index contributed by atoms with van der Waals surface area (Å²) < 4.78 is 23.3. The second-order valence-corrected chi connectivity index (χ2v) is 28.4. The largest absolute Gasteiger partial charge is 0.411 e. The van der Waals surface area contributed by atoms with E-state index in [2.05, 4.69) is 104 Å². The molecule has 2 saturated heterocycles. The van der Waals surface area contributed by atoms with Crippen LogP contribution in [0.25, 0.3) is 10.8 Å². The molecule has 47 heavy (non-hydrogen) atoms. The molecule has 4 heterocycles. The zero-order valence-electron chi connectivity index (χ0n) is 30.6. The van der Waals surface area contributed by atoms with E-state index in [1.54, 1.807) is 0 Å². The standard InChI is InChI=1S/C41H59NO3Si2/c1-26(2)46(27(3)4)25-47(28(5)6,29(7)8)44-38-35-23-33-14-17-39(9)34(31-11-10-30-16-21-42-24-32(30)22-31)12-13-37(39)41(33)20-19-40(35,45-41)18-15-36(38)43-46/h10-11,14,16,21-24,26-29,34,36-38H,12-13,15,17-20,25H2,1-9H3/t34-,36-,37-,38-,39-,40+,41-/m1/s1. The fourth-order valence-electron chi connectivity index (χ4n) is 12.2. The summed E-state index contributed by atoms with van der Waals surface area (Å²) in [5.41, 5.74) is 7.70. The van der Waals surface area contributed by atoms with Gasteiger partial charge in [-0.2, -0.15) is 0 Å². The van der Waals surface area contributed by atoms with E-state index in [0.717, 1.165) is 32.1 Å². The first kappa shape index (κ1) is 32.6. The molecule has 0 unspecified atom stereocenters. The van der Waals surface area contributed by atoms with Gasteiger partial charge in [0.1, 0.15) is 0 Å². The van der Waals surface area contributed by atoms with Gasteiger partial charge >= 0.3 is 0 Å². The summed E-state index contributed by atoms with van der Waals surface area (Å²) in [6.07, 6.45) is 17.3. The minimum atomic E-state index is -2.19. The van der Waals surface area contributed by atoms with E-state index in [0.29, 0.717) is 34.0 Å². The van der Waals surface area contributed by atoms with E-state index >= 15 is 0 Å². The zero-order valence-corrected chi connectivity index (χ0v) is 32.6. The van der Waals surface area contributed by atoms with Crippen LogP contribution in [0.4, 0.5) is 0 Å². The van der Waals surface area contributed by atoms with Gasteiger partial charge in [-0.1, -0.05) is 86.6 Å². The lowest BCUT2D eigenvalue weighted by Gasteiger charge is -2.56. The van der Waals surface area contributed by atoms with Gasteiger partial charge in [0.2, 0.25) is 0 Å². The molecule has 7 atom stereocenters. The van der Waals surface area contributed by atoms with Crippen LogP contribution in [0.5, 0.6) is 0 Å². The number of ether oxygens (including phenoxy) is 1. The van der Waals surface area contributed by atoms with Crippen LogP contribution in [0.2, 0.25) is 27.8 Å². The Labute approximate surface area is 286 Å². The van der Waals surface area contributed by atoms with Crippen molar-refractivity contribution in [1.29, 1.82) is 0 Å². The predicted octanol–water partition coefficient (Wildman–Crippen LogP) is 10.9. The molecule has 2 bridgehead atoms. The van der Waals surface area contributed by atoms with E-state index in [4.69, 9.17) is 13.6 Å². The van der Waals surface area contributed by atoms with Gasteiger partial charge in [-0.25, -0.2) is 0 Å². The average molecular weight is 670 g/mol. The van der Waals surface area contributed by atoms with Crippen LogP contribution in [0.15, 0.2) is 60.0 Å². The zero-order chi connectivity index (χ0) is 33.1. The van der Waals surface area contributed by atoms with Crippen molar-refractivity contribution in [3.05, 3.63) is 65.5 Å². The van der Waals surface area contributed by atoms with Gasteiger partial charge in [0, 0.05) is 17.8 Å². The first-order chi connectivity index (χ1) is 22.3. The van der Waals surface area contributed by atoms with Crippen molar-refractivity contribution in [2.45, 2.75) is 164 Å². The van der Waals surface area contributed by atoms with Crippen LogP contribution in [0.1, 0.15) is 119 Å². The fraction of sp³-hybridized carbons (Fsp3) is 0.683. The van der Waals surface area contributed by atoms with Crippen LogP contribution in [0, 0.1) is 11.3 Å². The molecule has 2 saturated carbocycles. The second kappa shape index (κ2) is 11.0. The third-order valence-electron chi connectivity index (χ3n) is 15.0. The Hall–Kier alpha value is -1.58. The van der Waals surface area contributed by atoms with E-state index in [1.165, 1.54) is 46.0 Å².